The molecule has 0 amide bonds. The zero-order valence-corrected chi connectivity index (χ0v) is 27.1. The summed E-state index contributed by atoms with van der Waals surface area (Å²) in [5.74, 6) is 0.432. The maximum Gasteiger partial charge on any atom is 0.155 e. The fourth-order valence-electron chi connectivity index (χ4n) is 4.94. The van der Waals surface area contributed by atoms with E-state index in [0.717, 1.165) is 11.3 Å². The third-order valence-electron chi connectivity index (χ3n) is 6.59. The minimum atomic E-state index is -0.125. The monoisotopic (exact) mass is 715 g/mol. The molecule has 2 aromatic heterocycles. The summed E-state index contributed by atoms with van der Waals surface area (Å²) in [6, 6.07) is 21.6. The zero-order chi connectivity index (χ0) is 27.8. The van der Waals surface area contributed by atoms with Crippen molar-refractivity contribution in [3.63, 3.8) is 0 Å². The van der Waals surface area contributed by atoms with Crippen LogP contribution in [0.25, 0.3) is 42.9 Å². The molecule has 0 bridgehead atoms. The molecule has 1 N–H and O–H groups in total. The Bertz CT molecular complexity index is 1690. The van der Waals surface area contributed by atoms with E-state index in [4.69, 9.17) is 10.1 Å². The molecule has 0 aliphatic carbocycles. The van der Waals surface area contributed by atoms with E-state index < -0.39 is 0 Å². The number of carbonyl (C=O) groups is 1. The van der Waals surface area contributed by atoms with Crippen LogP contribution in [-0.4, -0.2) is 15.9 Å². The van der Waals surface area contributed by atoms with E-state index in [1.54, 1.807) is 0 Å². The van der Waals surface area contributed by atoms with Gasteiger partial charge in [-0.3, -0.25) is 9.78 Å². The summed E-state index contributed by atoms with van der Waals surface area (Å²) in [6.07, 6.45) is 3.12. The Labute approximate surface area is 249 Å². The first-order valence-electron chi connectivity index (χ1n) is 13.0. The van der Waals surface area contributed by atoms with E-state index in [1.807, 2.05) is 17.5 Å². The minimum absolute atomic E-state index is 0. The Morgan fingerprint density at radius 1 is 1.00 bits per heavy atom. The van der Waals surface area contributed by atoms with Crippen molar-refractivity contribution in [2.24, 2.45) is 0 Å². The summed E-state index contributed by atoms with van der Waals surface area (Å²) in [4.78, 5) is 16.2. The van der Waals surface area contributed by atoms with Crippen LogP contribution >= 0.6 is 11.3 Å². The number of hydrogen-bond acceptors (Lipinski definition) is 4. The Morgan fingerprint density at radius 3 is 2.26 bits per heavy atom. The fraction of sp³-hybridized carbons (Fsp3) is 0.294. The number of pyridine rings is 1. The van der Waals surface area contributed by atoms with Crippen molar-refractivity contribution in [2.45, 2.75) is 66.7 Å². The van der Waals surface area contributed by atoms with Gasteiger partial charge in [0.15, 0.2) is 5.78 Å². The number of hydrogen-bond donors (Lipinski definition) is 1. The maximum atomic E-state index is 10.0. The van der Waals surface area contributed by atoms with Gasteiger partial charge < -0.3 is 5.11 Å². The Morgan fingerprint density at radius 2 is 1.67 bits per heavy atom. The molecule has 0 saturated heterocycles. The molecule has 0 saturated carbocycles. The van der Waals surface area contributed by atoms with Gasteiger partial charge in [-0.1, -0.05) is 76.1 Å². The number of allylic oxidation sites excluding steroid dienone is 2. The molecule has 2 heterocycles. The van der Waals surface area contributed by atoms with Gasteiger partial charge in [-0.15, -0.1) is 23.6 Å². The number of fused-ring (bicyclic) bond motifs is 4. The average Bonchev–Trinajstić information content (AvgIpc) is 3.21. The van der Waals surface area contributed by atoms with E-state index in [1.165, 1.54) is 67.6 Å². The maximum absolute atomic E-state index is 10.0. The number of aromatic nitrogens is 1. The average molecular weight is 715 g/mol. The van der Waals surface area contributed by atoms with Crippen LogP contribution in [0.4, 0.5) is 0 Å². The Balaban J connectivity index is 0.000000468. The number of carbonyl (C=O) groups excluding carboxylic acids is 1. The first-order valence-corrected chi connectivity index (χ1v) is 13.8. The summed E-state index contributed by atoms with van der Waals surface area (Å²) >= 11 is 1.87. The van der Waals surface area contributed by atoms with Crippen molar-refractivity contribution in [3.8, 4) is 11.3 Å². The second-order valence-electron chi connectivity index (χ2n) is 11.3. The third kappa shape index (κ3) is 6.66. The number of aryl methyl sites for hydroxylation is 1. The second kappa shape index (κ2) is 12.1. The molecule has 0 fully saturated rings. The van der Waals surface area contributed by atoms with Crippen LogP contribution in [0, 0.1) is 13.0 Å². The molecular weight excluding hydrogens is 679 g/mol. The minimum Gasteiger partial charge on any atom is -0.512 e. The Hall–Kier alpha value is -2.85. The van der Waals surface area contributed by atoms with Crippen molar-refractivity contribution >= 4 is 48.8 Å². The molecule has 0 atom stereocenters. The summed E-state index contributed by atoms with van der Waals surface area (Å²) < 4.78 is 1.35. The number of rotatable bonds is 3. The van der Waals surface area contributed by atoms with Gasteiger partial charge in [-0.05, 0) is 74.9 Å². The van der Waals surface area contributed by atoms with E-state index >= 15 is 0 Å². The van der Waals surface area contributed by atoms with Gasteiger partial charge in [0.05, 0.1) is 5.76 Å². The molecule has 39 heavy (non-hydrogen) atoms. The molecule has 0 unspecified atom stereocenters. The molecule has 0 aliphatic rings. The number of aliphatic hydroxyl groups excluding tert-OH is 1. The van der Waals surface area contributed by atoms with Gasteiger partial charge in [0.2, 0.25) is 0 Å². The van der Waals surface area contributed by atoms with Crippen molar-refractivity contribution in [1.29, 1.82) is 0 Å². The summed E-state index contributed by atoms with van der Waals surface area (Å²) in [7, 11) is 0. The molecule has 5 rings (SSSR count). The van der Waals surface area contributed by atoms with Crippen LogP contribution in [0.5, 0.6) is 0 Å². The smallest absolute Gasteiger partial charge is 0.155 e. The molecule has 0 aliphatic heterocycles. The van der Waals surface area contributed by atoms with Crippen LogP contribution in [0.1, 0.15) is 70.4 Å². The standard InChI is InChI=1S/C29H28NS.C5H8O2.Ir/c1-17(2)21-8-7-9-22-23(21)10-11-25-24(22)12-13-30-27(25)19-15-20-14-18(3)31-28(20)26(16-19)29(4,5)6;1-4(6)3-5(2)7;/h7-14,16-17H,1-6H3;3,6H,1-2H3;/q-1;;/b;4-3-;. The molecule has 0 spiro atoms. The quantitative estimate of drug-likeness (QED) is 0.0877. The van der Waals surface area contributed by atoms with Crippen LogP contribution < -0.4 is 0 Å². The summed E-state index contributed by atoms with van der Waals surface area (Å²) in [6.45, 7) is 16.4. The second-order valence-corrected chi connectivity index (χ2v) is 12.5. The van der Waals surface area contributed by atoms with Gasteiger partial charge in [-0.25, -0.2) is 0 Å². The van der Waals surface area contributed by atoms with Crippen LogP contribution in [-0.2, 0) is 30.3 Å². The van der Waals surface area contributed by atoms with Crippen LogP contribution in [0.15, 0.2) is 66.6 Å². The first-order chi connectivity index (χ1) is 17.9. The van der Waals surface area contributed by atoms with Gasteiger partial charge in [-0.2, -0.15) is 11.3 Å². The van der Waals surface area contributed by atoms with E-state index in [-0.39, 0.29) is 37.1 Å². The van der Waals surface area contributed by atoms with Gasteiger partial charge >= 0.3 is 0 Å². The molecule has 1 radical (unpaired) electrons. The van der Waals surface area contributed by atoms with Gasteiger partial charge in [0.25, 0.3) is 0 Å². The van der Waals surface area contributed by atoms with Gasteiger partial charge in [0, 0.05) is 38.1 Å². The molecule has 5 aromatic rings. The van der Waals surface area contributed by atoms with Crippen molar-refractivity contribution in [1.82, 2.24) is 4.98 Å². The summed E-state index contributed by atoms with van der Waals surface area (Å²) in [5.41, 5.74) is 4.93. The van der Waals surface area contributed by atoms with E-state index in [0.29, 0.717) is 5.92 Å². The van der Waals surface area contributed by atoms with Crippen molar-refractivity contribution < 1.29 is 30.0 Å². The largest absolute Gasteiger partial charge is 0.512 e. The van der Waals surface area contributed by atoms with Crippen LogP contribution in [0.3, 0.4) is 0 Å². The number of thiophene rings is 1. The van der Waals surface area contributed by atoms with Crippen LogP contribution in [0.2, 0.25) is 0 Å². The van der Waals surface area contributed by atoms with E-state index in [9.17, 15) is 4.79 Å². The molecule has 3 nitrogen and oxygen atoms in total. The first kappa shape index (κ1) is 30.7. The van der Waals surface area contributed by atoms with Gasteiger partial charge in [0.1, 0.15) is 0 Å². The zero-order valence-electron chi connectivity index (χ0n) is 23.9. The number of aliphatic hydroxyl groups is 1. The van der Waals surface area contributed by atoms with Crippen molar-refractivity contribution in [2.75, 3.05) is 0 Å². The normalized spacial score (nSPS) is 12.0. The third-order valence-corrected chi connectivity index (χ3v) is 7.68. The molecule has 5 heteroatoms. The SMILES string of the molecule is CC(=O)/C=C(/C)O.Cc1cc2[c-]c(-c3nccc4c3ccc3c(C(C)C)cccc34)cc(C(C)(C)C)c2s1.[Ir]. The number of benzene rings is 3. The number of nitrogens with zero attached hydrogens (tertiary/aromatic N) is 1. The molecule has 3 aromatic carbocycles. The van der Waals surface area contributed by atoms with E-state index in [2.05, 4.69) is 96.1 Å². The predicted octanol–water partition coefficient (Wildman–Crippen LogP) is 9.83. The molecule has 205 valence electrons. The predicted molar refractivity (Wildman–Crippen MR) is 163 cm³/mol. The Kier molecular flexibility index (Phi) is 9.54. The summed E-state index contributed by atoms with van der Waals surface area (Å²) in [5, 5.41) is 14.7. The topological polar surface area (TPSA) is 50.2 Å². The van der Waals surface area contributed by atoms with Crippen molar-refractivity contribution in [3.05, 3.63) is 88.6 Å². The molecular formula is C34H36IrNO2S-. The fourth-order valence-corrected chi connectivity index (χ4v) is 6.14. The number of ketones is 1.